The molecule has 1 atom stereocenters. The lowest BCUT2D eigenvalue weighted by Gasteiger charge is -2.17. The predicted molar refractivity (Wildman–Crippen MR) is 83.0 cm³/mol. The fourth-order valence-electron chi connectivity index (χ4n) is 2.07. The van der Waals surface area contributed by atoms with Crippen molar-refractivity contribution in [2.24, 2.45) is 0 Å². The van der Waals surface area contributed by atoms with Crippen LogP contribution in [0.15, 0.2) is 47.1 Å². The number of nitrogens with one attached hydrogen (secondary N) is 1. The van der Waals surface area contributed by atoms with E-state index in [1.165, 1.54) is 5.56 Å². The molecular formula is C15H18BrN3. The number of halogens is 1. The standard InChI is InChI=1S/C15H18BrN3/c1-18-14(9-11-4-6-13(16)7-5-11)10-12-3-2-8-19-15(12)17/h2-8,14,18H,9-10H2,1H3,(H2,17,19). The van der Waals surface area contributed by atoms with E-state index in [1.807, 2.05) is 19.2 Å². The number of nitrogens with zero attached hydrogens (tertiary/aromatic N) is 1. The molecule has 3 N–H and O–H groups in total. The summed E-state index contributed by atoms with van der Waals surface area (Å²) in [4.78, 5) is 4.13. The van der Waals surface area contributed by atoms with Crippen LogP contribution in [0.3, 0.4) is 0 Å². The maximum atomic E-state index is 5.89. The molecular weight excluding hydrogens is 302 g/mol. The summed E-state index contributed by atoms with van der Waals surface area (Å²) in [7, 11) is 1.98. The zero-order valence-electron chi connectivity index (χ0n) is 10.9. The highest BCUT2D eigenvalue weighted by Crippen LogP contribution is 2.15. The van der Waals surface area contributed by atoms with Crippen LogP contribution in [0.4, 0.5) is 5.82 Å². The Morgan fingerprint density at radius 1 is 1.21 bits per heavy atom. The summed E-state index contributed by atoms with van der Waals surface area (Å²) < 4.78 is 1.11. The maximum Gasteiger partial charge on any atom is 0.126 e. The van der Waals surface area contributed by atoms with Crippen molar-refractivity contribution in [2.45, 2.75) is 18.9 Å². The second-order valence-electron chi connectivity index (χ2n) is 4.57. The van der Waals surface area contributed by atoms with Crippen molar-refractivity contribution in [1.82, 2.24) is 10.3 Å². The third kappa shape index (κ3) is 4.04. The highest BCUT2D eigenvalue weighted by molar-refractivity contribution is 9.10. The molecule has 19 heavy (non-hydrogen) atoms. The number of anilines is 1. The summed E-state index contributed by atoms with van der Waals surface area (Å²) in [6.07, 6.45) is 3.58. The first-order chi connectivity index (χ1) is 9.19. The van der Waals surface area contributed by atoms with Crippen molar-refractivity contribution in [1.29, 1.82) is 0 Å². The van der Waals surface area contributed by atoms with E-state index in [1.54, 1.807) is 6.20 Å². The van der Waals surface area contributed by atoms with E-state index in [-0.39, 0.29) is 0 Å². The van der Waals surface area contributed by atoms with E-state index in [9.17, 15) is 0 Å². The van der Waals surface area contributed by atoms with E-state index in [2.05, 4.69) is 50.5 Å². The Hall–Kier alpha value is -1.39. The smallest absolute Gasteiger partial charge is 0.126 e. The Bertz CT molecular complexity index is 525. The van der Waals surface area contributed by atoms with Gasteiger partial charge in [0.2, 0.25) is 0 Å². The lowest BCUT2D eigenvalue weighted by molar-refractivity contribution is 0.556. The minimum atomic E-state index is 0.354. The van der Waals surface area contributed by atoms with Gasteiger partial charge in [0.05, 0.1) is 0 Å². The molecule has 3 nitrogen and oxygen atoms in total. The minimum absolute atomic E-state index is 0.354. The lowest BCUT2D eigenvalue weighted by Crippen LogP contribution is -2.30. The molecule has 100 valence electrons. The Morgan fingerprint density at radius 2 is 1.95 bits per heavy atom. The Morgan fingerprint density at radius 3 is 2.58 bits per heavy atom. The molecule has 1 heterocycles. The van der Waals surface area contributed by atoms with Crippen LogP contribution in [0.5, 0.6) is 0 Å². The number of rotatable bonds is 5. The highest BCUT2D eigenvalue weighted by atomic mass is 79.9. The number of aromatic nitrogens is 1. The van der Waals surface area contributed by atoms with Gasteiger partial charge in [-0.05, 0) is 49.2 Å². The van der Waals surface area contributed by atoms with Gasteiger partial charge >= 0.3 is 0 Å². The zero-order valence-corrected chi connectivity index (χ0v) is 12.5. The minimum Gasteiger partial charge on any atom is -0.383 e. The number of hydrogen-bond donors (Lipinski definition) is 2. The van der Waals surface area contributed by atoms with Gasteiger partial charge in [-0.25, -0.2) is 4.98 Å². The van der Waals surface area contributed by atoms with Crippen LogP contribution >= 0.6 is 15.9 Å². The topological polar surface area (TPSA) is 50.9 Å². The molecule has 0 saturated carbocycles. The Labute approximate surface area is 122 Å². The normalized spacial score (nSPS) is 12.3. The Balaban J connectivity index is 2.05. The van der Waals surface area contributed by atoms with Gasteiger partial charge in [-0.15, -0.1) is 0 Å². The van der Waals surface area contributed by atoms with E-state index in [0.717, 1.165) is 22.9 Å². The lowest BCUT2D eigenvalue weighted by atomic mass is 9.99. The average molecular weight is 320 g/mol. The van der Waals surface area contributed by atoms with Crippen molar-refractivity contribution in [3.63, 3.8) is 0 Å². The molecule has 1 unspecified atom stereocenters. The quantitative estimate of drug-likeness (QED) is 0.891. The van der Waals surface area contributed by atoms with Crippen LogP contribution in [0.25, 0.3) is 0 Å². The van der Waals surface area contributed by atoms with Crippen molar-refractivity contribution in [2.75, 3.05) is 12.8 Å². The fourth-order valence-corrected chi connectivity index (χ4v) is 2.33. The molecule has 0 aliphatic rings. The average Bonchev–Trinajstić information content (AvgIpc) is 2.43. The molecule has 0 spiro atoms. The van der Waals surface area contributed by atoms with Gasteiger partial charge in [-0.1, -0.05) is 34.1 Å². The monoisotopic (exact) mass is 319 g/mol. The molecule has 0 radical (unpaired) electrons. The molecule has 0 fully saturated rings. The van der Waals surface area contributed by atoms with E-state index >= 15 is 0 Å². The van der Waals surface area contributed by atoms with E-state index in [4.69, 9.17) is 5.73 Å². The van der Waals surface area contributed by atoms with Gasteiger partial charge in [0.15, 0.2) is 0 Å². The number of benzene rings is 1. The second-order valence-corrected chi connectivity index (χ2v) is 5.48. The first kappa shape index (κ1) is 14.0. The predicted octanol–water partition coefficient (Wildman–Crippen LogP) is 2.80. The molecule has 0 aliphatic carbocycles. The number of pyridine rings is 1. The van der Waals surface area contributed by atoms with Crippen molar-refractivity contribution >= 4 is 21.7 Å². The summed E-state index contributed by atoms with van der Waals surface area (Å²) in [5, 5.41) is 3.35. The summed E-state index contributed by atoms with van der Waals surface area (Å²) in [6.45, 7) is 0. The van der Waals surface area contributed by atoms with Gasteiger partial charge in [-0.3, -0.25) is 0 Å². The van der Waals surface area contributed by atoms with Crippen LogP contribution < -0.4 is 11.1 Å². The maximum absolute atomic E-state index is 5.89. The van der Waals surface area contributed by atoms with E-state index in [0.29, 0.717) is 11.9 Å². The highest BCUT2D eigenvalue weighted by Gasteiger charge is 2.10. The van der Waals surface area contributed by atoms with Crippen molar-refractivity contribution in [3.05, 3.63) is 58.2 Å². The third-order valence-corrected chi connectivity index (χ3v) is 3.72. The molecule has 2 aromatic rings. The molecule has 0 aliphatic heterocycles. The summed E-state index contributed by atoms with van der Waals surface area (Å²) in [5.74, 6) is 0.624. The molecule has 2 rings (SSSR count). The number of nitrogen functional groups attached to an aromatic ring is 1. The molecule has 0 amide bonds. The number of nitrogens with two attached hydrogens (primary N) is 1. The summed E-state index contributed by atoms with van der Waals surface area (Å²) in [6, 6.07) is 12.7. The molecule has 0 bridgehead atoms. The van der Waals surface area contributed by atoms with Crippen LogP contribution in [0.2, 0.25) is 0 Å². The molecule has 0 saturated heterocycles. The van der Waals surface area contributed by atoms with Crippen LogP contribution in [0, 0.1) is 0 Å². The summed E-state index contributed by atoms with van der Waals surface area (Å²) >= 11 is 3.45. The van der Waals surface area contributed by atoms with Gasteiger partial charge in [0.1, 0.15) is 5.82 Å². The molecule has 4 heteroatoms. The largest absolute Gasteiger partial charge is 0.383 e. The van der Waals surface area contributed by atoms with Crippen molar-refractivity contribution in [3.8, 4) is 0 Å². The Kier molecular flexibility index (Phi) is 4.93. The fraction of sp³-hybridized carbons (Fsp3) is 0.267. The zero-order chi connectivity index (χ0) is 13.7. The second kappa shape index (κ2) is 6.68. The SMILES string of the molecule is CNC(Cc1ccc(Br)cc1)Cc1cccnc1N. The van der Waals surface area contributed by atoms with Gasteiger partial charge in [-0.2, -0.15) is 0 Å². The van der Waals surface area contributed by atoms with Crippen LogP contribution in [-0.4, -0.2) is 18.1 Å². The van der Waals surface area contributed by atoms with Gasteiger partial charge < -0.3 is 11.1 Å². The summed E-state index contributed by atoms with van der Waals surface area (Å²) in [5.41, 5.74) is 8.30. The first-order valence-corrected chi connectivity index (χ1v) is 7.09. The van der Waals surface area contributed by atoms with E-state index < -0.39 is 0 Å². The van der Waals surface area contributed by atoms with Crippen LogP contribution in [0.1, 0.15) is 11.1 Å². The molecule has 1 aromatic heterocycles. The first-order valence-electron chi connectivity index (χ1n) is 6.30. The van der Waals surface area contributed by atoms with Gasteiger partial charge in [0.25, 0.3) is 0 Å². The third-order valence-electron chi connectivity index (χ3n) is 3.20. The number of hydrogen-bond acceptors (Lipinski definition) is 3. The van der Waals surface area contributed by atoms with Crippen LogP contribution in [-0.2, 0) is 12.8 Å². The van der Waals surface area contributed by atoms with Gasteiger partial charge in [0, 0.05) is 16.7 Å². The molecule has 1 aromatic carbocycles. The number of likely N-dealkylation sites (N-methyl/N-ethyl adjacent to an activating group) is 1. The van der Waals surface area contributed by atoms with Crippen molar-refractivity contribution < 1.29 is 0 Å².